The third-order valence-corrected chi connectivity index (χ3v) is 6.66. The number of ether oxygens (including phenoxy) is 2. The molecule has 8 heteroatoms. The molecule has 3 aliphatic rings. The summed E-state index contributed by atoms with van der Waals surface area (Å²) in [6.45, 7) is 6.25. The predicted molar refractivity (Wildman–Crippen MR) is 141 cm³/mol. The summed E-state index contributed by atoms with van der Waals surface area (Å²) in [5.74, 6) is 1.57. The summed E-state index contributed by atoms with van der Waals surface area (Å²) in [4.78, 5) is 24.2. The Hall–Kier alpha value is -3.49. The average molecular weight is 488 g/mol. The van der Waals surface area contributed by atoms with Gasteiger partial charge in [-0.05, 0) is 73.9 Å². The number of hydrogen-bond acceptors (Lipinski definition) is 8. The first-order valence-corrected chi connectivity index (χ1v) is 12.7. The van der Waals surface area contributed by atoms with Gasteiger partial charge in [0.25, 0.3) is 0 Å². The van der Waals surface area contributed by atoms with Crippen molar-refractivity contribution in [1.82, 2.24) is 15.3 Å². The van der Waals surface area contributed by atoms with Crippen LogP contribution in [0.1, 0.15) is 31.7 Å². The summed E-state index contributed by atoms with van der Waals surface area (Å²) in [7, 11) is 0. The van der Waals surface area contributed by atoms with Gasteiger partial charge in [-0.25, -0.2) is 9.97 Å². The topological polar surface area (TPSA) is 88.6 Å². The van der Waals surface area contributed by atoms with E-state index in [0.29, 0.717) is 38.7 Å². The second-order valence-electron chi connectivity index (χ2n) is 9.23. The smallest absolute Gasteiger partial charge is 0.227 e. The molecule has 4 heterocycles. The van der Waals surface area contributed by atoms with Crippen molar-refractivity contribution in [3.05, 3.63) is 60.3 Å². The van der Waals surface area contributed by atoms with Crippen molar-refractivity contribution < 1.29 is 14.3 Å². The Morgan fingerprint density at radius 2 is 1.83 bits per heavy atom. The number of anilines is 3. The van der Waals surface area contributed by atoms with Crippen molar-refractivity contribution in [2.45, 2.75) is 38.8 Å². The van der Waals surface area contributed by atoms with E-state index < -0.39 is 0 Å². The van der Waals surface area contributed by atoms with E-state index >= 15 is 0 Å². The fourth-order valence-corrected chi connectivity index (χ4v) is 4.53. The van der Waals surface area contributed by atoms with Gasteiger partial charge in [0.2, 0.25) is 5.95 Å². The minimum atomic E-state index is -0.224. The number of Topliss-reactive ketones (excluding diaryl/α,β-unsaturated/α-hetero) is 1. The Morgan fingerprint density at radius 3 is 2.67 bits per heavy atom. The highest BCUT2D eigenvalue weighted by molar-refractivity contribution is 5.83. The highest BCUT2D eigenvalue weighted by Crippen LogP contribution is 2.28. The number of carbonyl (C=O) groups excluding carboxylic acids is 1. The van der Waals surface area contributed by atoms with Crippen LogP contribution in [-0.2, 0) is 16.1 Å². The highest BCUT2D eigenvalue weighted by atomic mass is 16.5. The molecule has 0 aliphatic carbocycles. The van der Waals surface area contributed by atoms with E-state index in [4.69, 9.17) is 14.5 Å². The fraction of sp³-hybridized carbons (Fsp3) is 0.393. The number of fused-ring (bicyclic) bond motifs is 10. The van der Waals surface area contributed by atoms with Crippen LogP contribution in [0.5, 0.6) is 5.75 Å². The molecule has 1 fully saturated rings. The molecule has 8 nitrogen and oxygen atoms in total. The van der Waals surface area contributed by atoms with Gasteiger partial charge in [-0.1, -0.05) is 0 Å². The van der Waals surface area contributed by atoms with Crippen LogP contribution >= 0.6 is 0 Å². The van der Waals surface area contributed by atoms with Gasteiger partial charge in [-0.2, -0.15) is 0 Å². The molecule has 1 saturated heterocycles. The average Bonchev–Trinajstić information content (AvgIpc) is 2.92. The Balaban J connectivity index is 1.45. The minimum absolute atomic E-state index is 0.223. The maximum Gasteiger partial charge on any atom is 0.227 e. The Bertz CT molecular complexity index is 1180. The van der Waals surface area contributed by atoms with Crippen molar-refractivity contribution >= 4 is 23.1 Å². The number of nitrogens with zero attached hydrogens (tertiary/aromatic N) is 3. The number of rotatable bonds is 1. The van der Waals surface area contributed by atoms with Gasteiger partial charge in [0.15, 0.2) is 0 Å². The molecule has 2 aromatic carbocycles. The summed E-state index contributed by atoms with van der Waals surface area (Å²) in [6, 6.07) is 15.9. The number of morpholine rings is 1. The number of nitrogens with one attached hydrogen (secondary N) is 2. The van der Waals surface area contributed by atoms with Crippen LogP contribution in [-0.4, -0.2) is 54.7 Å². The SMILES string of the molecule is C[C@@H]1NCc2cc(ccc2N2CCOCC2)Nc2nccc(n2)-c2ccc(cc2)OCCCCC1=O. The second-order valence-corrected chi connectivity index (χ2v) is 9.23. The summed E-state index contributed by atoms with van der Waals surface area (Å²) in [6.07, 6.45) is 3.95. The standard InChI is InChI=1S/C28H33N5O3/c1-20-27(34)4-2-3-15-36-24-8-5-21(6-9-24)25-11-12-29-28(32-25)31-23-7-10-26(22(18-23)19-30-20)33-13-16-35-17-14-33/h5-12,18,20,30H,2-4,13-17,19H2,1H3,(H,29,31,32)/t20-/m0/s1. The molecule has 0 radical (unpaired) electrons. The van der Waals surface area contributed by atoms with Crippen molar-refractivity contribution in [3.63, 3.8) is 0 Å². The first-order chi connectivity index (χ1) is 17.7. The zero-order valence-electron chi connectivity index (χ0n) is 20.7. The molecule has 6 bridgehead atoms. The van der Waals surface area contributed by atoms with Gasteiger partial charge in [0.05, 0.1) is 31.6 Å². The van der Waals surface area contributed by atoms with Gasteiger partial charge < -0.3 is 25.0 Å². The quantitative estimate of drug-likeness (QED) is 0.524. The van der Waals surface area contributed by atoms with Crippen molar-refractivity contribution in [1.29, 1.82) is 0 Å². The number of hydrogen-bond donors (Lipinski definition) is 2. The van der Waals surface area contributed by atoms with Crippen molar-refractivity contribution in [2.75, 3.05) is 43.1 Å². The third-order valence-electron chi connectivity index (χ3n) is 6.66. The Morgan fingerprint density at radius 1 is 1.00 bits per heavy atom. The van der Waals surface area contributed by atoms with E-state index in [1.54, 1.807) is 6.20 Å². The van der Waals surface area contributed by atoms with E-state index in [0.717, 1.165) is 59.9 Å². The van der Waals surface area contributed by atoms with E-state index in [-0.39, 0.29) is 11.8 Å². The summed E-state index contributed by atoms with van der Waals surface area (Å²) in [5, 5.41) is 6.81. The van der Waals surface area contributed by atoms with Gasteiger partial charge in [-0.3, -0.25) is 4.79 Å². The molecule has 1 atom stereocenters. The van der Waals surface area contributed by atoms with E-state index in [9.17, 15) is 4.79 Å². The number of ketones is 1. The number of aromatic nitrogens is 2. The van der Waals surface area contributed by atoms with Crippen LogP contribution < -0.4 is 20.3 Å². The van der Waals surface area contributed by atoms with Crippen LogP contribution in [0.3, 0.4) is 0 Å². The fourth-order valence-electron chi connectivity index (χ4n) is 4.53. The zero-order chi connectivity index (χ0) is 24.7. The first kappa shape index (κ1) is 24.2. The second kappa shape index (κ2) is 11.5. The van der Waals surface area contributed by atoms with Crippen LogP contribution in [0, 0.1) is 0 Å². The van der Waals surface area contributed by atoms with E-state index in [1.807, 2.05) is 37.3 Å². The van der Waals surface area contributed by atoms with Crippen LogP contribution in [0.15, 0.2) is 54.7 Å². The molecule has 36 heavy (non-hydrogen) atoms. The molecule has 0 unspecified atom stereocenters. The lowest BCUT2D eigenvalue weighted by Gasteiger charge is -2.31. The maximum atomic E-state index is 12.7. The molecule has 6 rings (SSSR count). The molecular formula is C28H33N5O3. The first-order valence-electron chi connectivity index (χ1n) is 12.7. The lowest BCUT2D eigenvalue weighted by Crippen LogP contribution is -2.38. The molecule has 3 aliphatic heterocycles. The van der Waals surface area contributed by atoms with Crippen LogP contribution in [0.4, 0.5) is 17.3 Å². The van der Waals surface area contributed by atoms with Crippen LogP contribution in [0.25, 0.3) is 11.3 Å². The molecule has 1 aromatic heterocycles. The minimum Gasteiger partial charge on any atom is -0.494 e. The monoisotopic (exact) mass is 487 g/mol. The Kier molecular flexibility index (Phi) is 7.73. The van der Waals surface area contributed by atoms with Crippen molar-refractivity contribution in [3.8, 4) is 17.0 Å². The van der Waals surface area contributed by atoms with Gasteiger partial charge in [0.1, 0.15) is 11.5 Å². The highest BCUT2D eigenvalue weighted by Gasteiger charge is 2.18. The molecule has 3 aromatic rings. The third kappa shape index (κ3) is 6.01. The van der Waals surface area contributed by atoms with Gasteiger partial charge >= 0.3 is 0 Å². The van der Waals surface area contributed by atoms with Gasteiger partial charge in [-0.15, -0.1) is 0 Å². The maximum absolute atomic E-state index is 12.7. The summed E-state index contributed by atoms with van der Waals surface area (Å²) >= 11 is 0. The lowest BCUT2D eigenvalue weighted by atomic mass is 10.1. The number of carbonyl (C=O) groups is 1. The predicted octanol–water partition coefficient (Wildman–Crippen LogP) is 4.33. The summed E-state index contributed by atoms with van der Waals surface area (Å²) in [5.41, 5.74) is 5.01. The molecule has 0 spiro atoms. The van der Waals surface area contributed by atoms with E-state index in [1.165, 1.54) is 0 Å². The molecular weight excluding hydrogens is 454 g/mol. The van der Waals surface area contributed by atoms with Crippen LogP contribution in [0.2, 0.25) is 0 Å². The van der Waals surface area contributed by atoms with Crippen molar-refractivity contribution in [2.24, 2.45) is 0 Å². The molecule has 0 saturated carbocycles. The lowest BCUT2D eigenvalue weighted by molar-refractivity contribution is -0.120. The number of benzene rings is 2. The summed E-state index contributed by atoms with van der Waals surface area (Å²) < 4.78 is 11.4. The van der Waals surface area contributed by atoms with E-state index in [2.05, 4.69) is 38.7 Å². The molecule has 2 N–H and O–H groups in total. The molecule has 0 amide bonds. The normalized spacial score (nSPS) is 19.3. The Labute approximate surface area is 212 Å². The zero-order valence-corrected chi connectivity index (χ0v) is 20.7. The van der Waals surface area contributed by atoms with Gasteiger partial charge in [0, 0.05) is 49.2 Å². The molecule has 188 valence electrons. The largest absolute Gasteiger partial charge is 0.494 e.